The van der Waals surface area contributed by atoms with Crippen LogP contribution < -0.4 is 5.32 Å². The second-order valence-corrected chi connectivity index (χ2v) is 7.45. The van der Waals surface area contributed by atoms with Crippen molar-refractivity contribution in [1.82, 2.24) is 4.98 Å². The third-order valence-corrected chi connectivity index (χ3v) is 5.64. The van der Waals surface area contributed by atoms with E-state index < -0.39 is 0 Å². The number of carbonyl (C=O) groups is 1. The minimum atomic E-state index is -0.282. The molecule has 1 heterocycles. The van der Waals surface area contributed by atoms with Crippen LogP contribution in [0.3, 0.4) is 0 Å². The first-order valence-electron chi connectivity index (χ1n) is 5.75. The zero-order valence-corrected chi connectivity index (χ0v) is 14.8. The summed E-state index contributed by atoms with van der Waals surface area (Å²) in [6.07, 6.45) is 0. The van der Waals surface area contributed by atoms with Gasteiger partial charge in [0.1, 0.15) is 0 Å². The van der Waals surface area contributed by atoms with Crippen molar-refractivity contribution in [3.63, 3.8) is 0 Å². The molecular formula is C13H9BrClN3OS2. The third-order valence-electron chi connectivity index (χ3n) is 2.42. The lowest BCUT2D eigenvalue weighted by atomic mass is 10.2. The monoisotopic (exact) mass is 401 g/mol. The van der Waals surface area contributed by atoms with E-state index in [-0.39, 0.29) is 5.91 Å². The van der Waals surface area contributed by atoms with Gasteiger partial charge in [-0.1, -0.05) is 34.7 Å². The number of thioether (sulfide) groups is 1. The van der Waals surface area contributed by atoms with Gasteiger partial charge in [-0.2, -0.15) is 5.26 Å². The smallest absolute Gasteiger partial charge is 0.258 e. The number of benzene rings is 1. The fourth-order valence-electron chi connectivity index (χ4n) is 1.50. The van der Waals surface area contributed by atoms with E-state index in [0.29, 0.717) is 25.9 Å². The van der Waals surface area contributed by atoms with Gasteiger partial charge in [0.25, 0.3) is 5.91 Å². The number of aryl methyl sites for hydroxylation is 1. The Labute approximate surface area is 143 Å². The summed E-state index contributed by atoms with van der Waals surface area (Å²) in [6.45, 7) is 1.85. The first kappa shape index (κ1) is 16.3. The normalized spacial score (nSPS) is 10.2. The van der Waals surface area contributed by atoms with Crippen molar-refractivity contribution in [3.8, 4) is 6.07 Å². The summed E-state index contributed by atoms with van der Waals surface area (Å²) in [5.74, 6) is 0.0750. The Morgan fingerprint density at radius 3 is 3.10 bits per heavy atom. The van der Waals surface area contributed by atoms with Crippen molar-refractivity contribution in [2.75, 3.05) is 11.1 Å². The maximum absolute atomic E-state index is 12.2. The van der Waals surface area contributed by atoms with E-state index in [4.69, 9.17) is 16.9 Å². The highest BCUT2D eigenvalue weighted by atomic mass is 79.9. The Bertz CT molecular complexity index is 727. The molecule has 0 bridgehead atoms. The lowest BCUT2D eigenvalue weighted by Gasteiger charge is -2.04. The van der Waals surface area contributed by atoms with Crippen molar-refractivity contribution in [3.05, 3.63) is 39.0 Å². The van der Waals surface area contributed by atoms with Crippen molar-refractivity contribution in [2.45, 2.75) is 11.1 Å². The molecule has 0 aliphatic rings. The van der Waals surface area contributed by atoms with Crippen molar-refractivity contribution < 1.29 is 4.79 Å². The number of hydrogen-bond acceptors (Lipinski definition) is 5. The summed E-state index contributed by atoms with van der Waals surface area (Å²) in [7, 11) is 0. The molecule has 0 saturated carbocycles. The number of aromatic nitrogens is 1. The first-order chi connectivity index (χ1) is 10.0. The van der Waals surface area contributed by atoms with E-state index in [2.05, 4.69) is 32.3 Å². The molecule has 1 amide bonds. The van der Waals surface area contributed by atoms with E-state index in [1.165, 1.54) is 23.1 Å². The quantitative estimate of drug-likeness (QED) is 0.750. The predicted octanol–water partition coefficient (Wildman–Crippen LogP) is 4.74. The Morgan fingerprint density at radius 1 is 1.62 bits per heavy atom. The molecule has 0 atom stereocenters. The van der Waals surface area contributed by atoms with Gasteiger partial charge in [0.05, 0.1) is 27.3 Å². The molecular weight excluding hydrogens is 394 g/mol. The molecule has 108 valence electrons. The Balaban J connectivity index is 2.16. The van der Waals surface area contributed by atoms with E-state index in [9.17, 15) is 4.79 Å². The first-order valence-corrected chi connectivity index (χ1v) is 8.72. The van der Waals surface area contributed by atoms with E-state index in [0.717, 1.165) is 9.90 Å². The summed E-state index contributed by atoms with van der Waals surface area (Å²) in [4.78, 5) is 16.5. The van der Waals surface area contributed by atoms with Crippen molar-refractivity contribution >= 4 is 61.7 Å². The van der Waals surface area contributed by atoms with Crippen LogP contribution in [-0.2, 0) is 0 Å². The number of anilines is 1. The molecule has 2 aromatic rings. The fourth-order valence-corrected chi connectivity index (χ4v) is 3.90. The second kappa shape index (κ2) is 7.27. The molecule has 2 rings (SSSR count). The summed E-state index contributed by atoms with van der Waals surface area (Å²) in [6, 6.07) is 7.08. The predicted molar refractivity (Wildman–Crippen MR) is 90.3 cm³/mol. The second-order valence-electron chi connectivity index (χ2n) is 3.92. The number of thiazole rings is 1. The molecule has 0 aliphatic heterocycles. The summed E-state index contributed by atoms with van der Waals surface area (Å²) in [5.41, 5.74) is 1.25. The topological polar surface area (TPSA) is 65.8 Å². The Hall–Kier alpha value is -1.07. The molecule has 1 N–H and O–H groups in total. The zero-order valence-electron chi connectivity index (χ0n) is 10.8. The Morgan fingerprint density at radius 2 is 2.38 bits per heavy atom. The van der Waals surface area contributed by atoms with E-state index >= 15 is 0 Å². The number of carbonyl (C=O) groups excluding carboxylic acids is 1. The zero-order chi connectivity index (χ0) is 15.4. The highest BCUT2D eigenvalue weighted by Gasteiger charge is 2.14. The number of nitrogens with zero attached hydrogens (tertiary/aromatic N) is 2. The summed E-state index contributed by atoms with van der Waals surface area (Å²) < 4.78 is 1.59. The molecule has 0 radical (unpaired) electrons. The van der Waals surface area contributed by atoms with Gasteiger partial charge in [-0.15, -0.1) is 0 Å². The van der Waals surface area contributed by atoms with Crippen LogP contribution in [0.5, 0.6) is 0 Å². The summed E-state index contributed by atoms with van der Waals surface area (Å²) >= 11 is 12.0. The lowest BCUT2D eigenvalue weighted by molar-refractivity contribution is 0.102. The van der Waals surface area contributed by atoms with Crippen LogP contribution in [0.25, 0.3) is 0 Å². The van der Waals surface area contributed by atoms with Crippen molar-refractivity contribution in [1.29, 1.82) is 5.26 Å². The minimum absolute atomic E-state index is 0.282. The number of halogens is 2. The Kier molecular flexibility index (Phi) is 5.65. The van der Waals surface area contributed by atoms with Crippen LogP contribution in [0, 0.1) is 18.3 Å². The third kappa shape index (κ3) is 4.20. The molecule has 0 spiro atoms. The van der Waals surface area contributed by atoms with Gasteiger partial charge < -0.3 is 0 Å². The molecule has 1 aromatic heterocycles. The molecule has 0 saturated heterocycles. The highest BCUT2D eigenvalue weighted by molar-refractivity contribution is 9.10. The van der Waals surface area contributed by atoms with Gasteiger partial charge in [-0.25, -0.2) is 4.98 Å². The highest BCUT2D eigenvalue weighted by Crippen LogP contribution is 2.32. The van der Waals surface area contributed by atoms with Crippen LogP contribution in [0.1, 0.15) is 16.1 Å². The molecule has 4 nitrogen and oxygen atoms in total. The maximum atomic E-state index is 12.2. The lowest BCUT2D eigenvalue weighted by Crippen LogP contribution is -2.12. The molecule has 0 aliphatic carbocycles. The number of hydrogen-bond donors (Lipinski definition) is 1. The van der Waals surface area contributed by atoms with Gasteiger partial charge >= 0.3 is 0 Å². The van der Waals surface area contributed by atoms with Gasteiger partial charge in [-0.05, 0) is 41.1 Å². The standard InChI is InChI=1S/C13H9BrClN3OS2/c1-7-12(20-5-4-16)21-13(17-7)18-11(19)9-6-8(15)2-3-10(9)14/h2-3,6H,5H2,1H3,(H,17,18,19). The van der Waals surface area contributed by atoms with Crippen molar-refractivity contribution in [2.24, 2.45) is 0 Å². The summed E-state index contributed by atoms with van der Waals surface area (Å²) in [5, 5.41) is 12.3. The number of nitrogens with one attached hydrogen (secondary N) is 1. The minimum Gasteiger partial charge on any atom is -0.298 e. The molecule has 8 heteroatoms. The van der Waals surface area contributed by atoms with E-state index in [1.807, 2.05) is 6.92 Å². The van der Waals surface area contributed by atoms with Crippen LogP contribution in [0.2, 0.25) is 5.02 Å². The van der Waals surface area contributed by atoms with Crippen LogP contribution in [0.4, 0.5) is 5.13 Å². The van der Waals surface area contributed by atoms with Crippen LogP contribution >= 0.6 is 50.6 Å². The SMILES string of the molecule is Cc1nc(NC(=O)c2cc(Cl)ccc2Br)sc1SCC#N. The molecule has 21 heavy (non-hydrogen) atoms. The van der Waals surface area contributed by atoms with E-state index in [1.54, 1.807) is 18.2 Å². The number of nitriles is 1. The number of rotatable bonds is 4. The van der Waals surface area contributed by atoms with Gasteiger partial charge in [-0.3, -0.25) is 10.1 Å². The molecule has 0 unspecified atom stereocenters. The average Bonchev–Trinajstić information content (AvgIpc) is 2.79. The van der Waals surface area contributed by atoms with Crippen LogP contribution in [0.15, 0.2) is 26.9 Å². The molecule has 1 aromatic carbocycles. The average molecular weight is 403 g/mol. The largest absolute Gasteiger partial charge is 0.298 e. The van der Waals surface area contributed by atoms with Gasteiger partial charge in [0.2, 0.25) is 0 Å². The number of amides is 1. The van der Waals surface area contributed by atoms with Gasteiger partial charge in [0, 0.05) is 9.50 Å². The maximum Gasteiger partial charge on any atom is 0.258 e. The fraction of sp³-hybridized carbons (Fsp3) is 0.154. The van der Waals surface area contributed by atoms with Crippen LogP contribution in [-0.4, -0.2) is 16.6 Å². The van der Waals surface area contributed by atoms with Gasteiger partial charge in [0.15, 0.2) is 5.13 Å². The molecule has 0 fully saturated rings.